The normalized spacial score (nSPS) is 15.9. The lowest BCUT2D eigenvalue weighted by atomic mass is 10.0. The molecule has 0 fully saturated rings. The van der Waals surface area contributed by atoms with E-state index in [-0.39, 0.29) is 6.17 Å². The summed E-state index contributed by atoms with van der Waals surface area (Å²) in [6, 6.07) is 12.3. The molecule has 0 spiro atoms. The van der Waals surface area contributed by atoms with Crippen molar-refractivity contribution in [3.63, 3.8) is 0 Å². The van der Waals surface area contributed by atoms with E-state index >= 15 is 0 Å². The molecule has 24 heavy (non-hydrogen) atoms. The van der Waals surface area contributed by atoms with E-state index in [4.69, 9.17) is 0 Å². The second kappa shape index (κ2) is 5.58. The largest absolute Gasteiger partial charge is 0.351 e. The van der Waals surface area contributed by atoms with Gasteiger partial charge in [-0.25, -0.2) is 0 Å². The number of nitriles is 2. The van der Waals surface area contributed by atoms with Crippen LogP contribution in [0.5, 0.6) is 0 Å². The summed E-state index contributed by atoms with van der Waals surface area (Å²) in [5.74, 6) is 0. The van der Waals surface area contributed by atoms with Gasteiger partial charge in [0.1, 0.15) is 12.2 Å². The average Bonchev–Trinajstić information content (AvgIpc) is 2.81. The number of benzene rings is 2. The van der Waals surface area contributed by atoms with Gasteiger partial charge in [-0.05, 0) is 62.6 Å². The van der Waals surface area contributed by atoms with Crippen LogP contribution < -0.4 is 9.80 Å². The van der Waals surface area contributed by atoms with Gasteiger partial charge < -0.3 is 9.80 Å². The van der Waals surface area contributed by atoms with E-state index in [1.165, 1.54) is 16.7 Å². The standard InChI is InChI=1S/C20H20N4/c1-12-6-13(2)14(3)18(7-12)24-15(4)23(5)20-17(11-22)8-16(10-21)9-19(20)24/h6-9,15H,1-5H3/t15-/m0/s1. The fourth-order valence-corrected chi connectivity index (χ4v) is 3.48. The third-order valence-electron chi connectivity index (χ3n) is 4.93. The molecule has 3 rings (SSSR count). The summed E-state index contributed by atoms with van der Waals surface area (Å²) in [6.45, 7) is 8.44. The Morgan fingerprint density at radius 1 is 0.958 bits per heavy atom. The van der Waals surface area contributed by atoms with Crippen LogP contribution in [0.15, 0.2) is 24.3 Å². The van der Waals surface area contributed by atoms with Crippen molar-refractivity contribution in [2.24, 2.45) is 0 Å². The van der Waals surface area contributed by atoms with E-state index in [1.807, 2.05) is 13.1 Å². The fraction of sp³-hybridized carbons (Fsp3) is 0.300. The molecule has 0 aliphatic carbocycles. The van der Waals surface area contributed by atoms with Crippen LogP contribution in [0.25, 0.3) is 0 Å². The number of anilines is 3. The molecule has 0 unspecified atom stereocenters. The Morgan fingerprint density at radius 2 is 1.67 bits per heavy atom. The first kappa shape index (κ1) is 15.9. The van der Waals surface area contributed by atoms with Gasteiger partial charge in [-0.2, -0.15) is 10.5 Å². The van der Waals surface area contributed by atoms with Crippen LogP contribution in [0, 0.1) is 43.4 Å². The summed E-state index contributed by atoms with van der Waals surface area (Å²) >= 11 is 0. The summed E-state index contributed by atoms with van der Waals surface area (Å²) in [5, 5.41) is 18.8. The van der Waals surface area contributed by atoms with Crippen LogP contribution in [-0.2, 0) is 0 Å². The molecule has 0 bridgehead atoms. The van der Waals surface area contributed by atoms with Crippen LogP contribution in [0.2, 0.25) is 0 Å². The van der Waals surface area contributed by atoms with Gasteiger partial charge in [0.05, 0.1) is 28.6 Å². The van der Waals surface area contributed by atoms with E-state index in [2.05, 4.69) is 61.8 Å². The Kier molecular flexibility index (Phi) is 3.70. The van der Waals surface area contributed by atoms with Gasteiger partial charge in [-0.3, -0.25) is 0 Å². The van der Waals surface area contributed by atoms with Crippen LogP contribution >= 0.6 is 0 Å². The number of aryl methyl sites for hydroxylation is 2. The van der Waals surface area contributed by atoms with Gasteiger partial charge in [0, 0.05) is 12.7 Å². The molecule has 0 N–H and O–H groups in total. The molecule has 0 radical (unpaired) electrons. The lowest BCUT2D eigenvalue weighted by Gasteiger charge is -2.30. The topological polar surface area (TPSA) is 54.1 Å². The number of hydrogen-bond acceptors (Lipinski definition) is 4. The van der Waals surface area contributed by atoms with Gasteiger partial charge in [0.25, 0.3) is 0 Å². The Morgan fingerprint density at radius 3 is 2.29 bits per heavy atom. The van der Waals surface area contributed by atoms with E-state index in [0.29, 0.717) is 11.1 Å². The molecule has 0 saturated heterocycles. The first-order valence-corrected chi connectivity index (χ1v) is 7.97. The summed E-state index contributed by atoms with van der Waals surface area (Å²) in [7, 11) is 1.99. The highest BCUT2D eigenvalue weighted by Crippen LogP contribution is 2.47. The van der Waals surface area contributed by atoms with E-state index in [0.717, 1.165) is 17.1 Å². The zero-order chi connectivity index (χ0) is 17.6. The maximum atomic E-state index is 9.52. The monoisotopic (exact) mass is 316 g/mol. The summed E-state index contributed by atoms with van der Waals surface area (Å²) in [6.07, 6.45) is 0.0703. The maximum absolute atomic E-state index is 9.52. The molecule has 0 aromatic heterocycles. The molecule has 120 valence electrons. The molecule has 1 heterocycles. The Bertz CT molecular complexity index is 915. The average molecular weight is 316 g/mol. The highest BCUT2D eigenvalue weighted by molar-refractivity contribution is 5.89. The van der Waals surface area contributed by atoms with Gasteiger partial charge in [-0.15, -0.1) is 0 Å². The van der Waals surface area contributed by atoms with Gasteiger partial charge in [0.2, 0.25) is 0 Å². The summed E-state index contributed by atoms with van der Waals surface area (Å²) in [5.41, 5.74) is 7.66. The van der Waals surface area contributed by atoms with E-state index < -0.39 is 0 Å². The molecular formula is C20H20N4. The number of fused-ring (bicyclic) bond motifs is 1. The van der Waals surface area contributed by atoms with Crippen LogP contribution in [0.4, 0.5) is 17.1 Å². The van der Waals surface area contributed by atoms with Gasteiger partial charge in [-0.1, -0.05) is 6.07 Å². The minimum Gasteiger partial charge on any atom is -0.351 e. The quantitative estimate of drug-likeness (QED) is 0.787. The first-order valence-electron chi connectivity index (χ1n) is 7.97. The zero-order valence-electron chi connectivity index (χ0n) is 14.7. The van der Waals surface area contributed by atoms with Crippen molar-refractivity contribution in [2.45, 2.75) is 33.9 Å². The highest BCUT2D eigenvalue weighted by Gasteiger charge is 2.35. The van der Waals surface area contributed by atoms with Crippen LogP contribution in [-0.4, -0.2) is 13.2 Å². The second-order valence-electron chi connectivity index (χ2n) is 6.45. The number of hydrogen-bond donors (Lipinski definition) is 0. The van der Waals surface area contributed by atoms with Crippen molar-refractivity contribution in [3.8, 4) is 12.1 Å². The molecule has 0 saturated carbocycles. The highest BCUT2D eigenvalue weighted by atomic mass is 15.4. The molecule has 2 aromatic rings. The summed E-state index contributed by atoms with van der Waals surface area (Å²) < 4.78 is 0. The Balaban J connectivity index is 2.32. The molecule has 4 heteroatoms. The lowest BCUT2D eigenvalue weighted by Crippen LogP contribution is -2.36. The van der Waals surface area contributed by atoms with Crippen molar-refractivity contribution >= 4 is 17.1 Å². The van der Waals surface area contributed by atoms with Crippen molar-refractivity contribution in [3.05, 3.63) is 52.1 Å². The Hall–Kier alpha value is -2.98. The van der Waals surface area contributed by atoms with Crippen LogP contribution in [0.3, 0.4) is 0 Å². The zero-order valence-corrected chi connectivity index (χ0v) is 14.7. The minimum atomic E-state index is 0.0703. The Labute approximate surface area is 143 Å². The molecule has 1 aliphatic rings. The van der Waals surface area contributed by atoms with Crippen LogP contribution in [0.1, 0.15) is 34.7 Å². The van der Waals surface area contributed by atoms with Crippen molar-refractivity contribution < 1.29 is 0 Å². The van der Waals surface area contributed by atoms with Crippen molar-refractivity contribution in [1.29, 1.82) is 10.5 Å². The molecule has 1 atom stereocenters. The predicted octanol–water partition coefficient (Wildman–Crippen LogP) is 4.29. The third-order valence-corrected chi connectivity index (χ3v) is 4.93. The van der Waals surface area contributed by atoms with Crippen molar-refractivity contribution in [2.75, 3.05) is 16.8 Å². The predicted molar refractivity (Wildman–Crippen MR) is 96.5 cm³/mol. The molecule has 0 amide bonds. The molecular weight excluding hydrogens is 296 g/mol. The fourth-order valence-electron chi connectivity index (χ4n) is 3.48. The number of rotatable bonds is 1. The minimum absolute atomic E-state index is 0.0703. The van der Waals surface area contributed by atoms with E-state index in [9.17, 15) is 10.5 Å². The maximum Gasteiger partial charge on any atom is 0.103 e. The van der Waals surface area contributed by atoms with Crippen molar-refractivity contribution in [1.82, 2.24) is 0 Å². The smallest absolute Gasteiger partial charge is 0.103 e. The first-order chi connectivity index (χ1) is 11.4. The summed E-state index contributed by atoms with van der Waals surface area (Å²) in [4.78, 5) is 4.33. The second-order valence-corrected chi connectivity index (χ2v) is 6.45. The number of nitrogens with zero attached hydrogens (tertiary/aromatic N) is 4. The SMILES string of the molecule is Cc1cc(C)c(C)c(N2c3cc(C#N)cc(C#N)c3N(C)[C@@H]2C)c1. The lowest BCUT2D eigenvalue weighted by molar-refractivity contribution is 0.731. The van der Waals surface area contributed by atoms with Gasteiger partial charge in [0.15, 0.2) is 0 Å². The van der Waals surface area contributed by atoms with E-state index in [1.54, 1.807) is 6.07 Å². The molecule has 1 aliphatic heterocycles. The third kappa shape index (κ3) is 2.20. The van der Waals surface area contributed by atoms with Gasteiger partial charge >= 0.3 is 0 Å². The molecule has 2 aromatic carbocycles. The molecule has 4 nitrogen and oxygen atoms in total.